The average Bonchev–Trinajstić information content (AvgIpc) is 3.53. The summed E-state index contributed by atoms with van der Waals surface area (Å²) in [5.41, 5.74) is 21.4. The van der Waals surface area contributed by atoms with Gasteiger partial charge in [0.15, 0.2) is 0 Å². The lowest BCUT2D eigenvalue weighted by atomic mass is 9.82. The Morgan fingerprint density at radius 3 is 1.37 bits per heavy atom. The molecule has 0 saturated carbocycles. The minimum absolute atomic E-state index is 0.100. The molecule has 0 aliphatic heterocycles. The summed E-state index contributed by atoms with van der Waals surface area (Å²) in [4.78, 5) is 2.44. The first kappa shape index (κ1) is 37.1. The number of anilines is 3. The molecule has 0 unspecified atom stereocenters. The van der Waals surface area contributed by atoms with Crippen LogP contribution in [0.25, 0.3) is 44.5 Å². The molecule has 60 heavy (non-hydrogen) atoms. The second-order valence-electron chi connectivity index (χ2n) is 16.5. The van der Waals surface area contributed by atoms with Crippen LogP contribution in [0.5, 0.6) is 0 Å². The highest BCUT2D eigenvalue weighted by molar-refractivity contribution is 5.86. The van der Waals surface area contributed by atoms with E-state index in [9.17, 15) is 0 Å². The molecule has 9 aromatic rings. The van der Waals surface area contributed by atoms with Crippen LogP contribution in [-0.4, -0.2) is 0 Å². The topological polar surface area (TPSA) is 3.24 Å². The fourth-order valence-corrected chi connectivity index (χ4v) is 9.25. The first-order valence-electron chi connectivity index (χ1n) is 21.1. The lowest BCUT2D eigenvalue weighted by molar-refractivity contribution is 0.660. The SMILES string of the molecule is CC1(C)c2ccccc2-c2ccc(N(c3ccccc3)c3ccc(-c4ccccc4Cc4ccc(-c5ccccc5)cc4)c(Cc4ccc(-c5ccccc5)cc4)c3)cc21. The van der Waals surface area contributed by atoms with Crippen molar-refractivity contribution in [2.24, 2.45) is 0 Å². The molecule has 0 N–H and O–H groups in total. The van der Waals surface area contributed by atoms with Crippen LogP contribution in [0.4, 0.5) is 17.1 Å². The molecular formula is C59H47N. The first-order valence-corrected chi connectivity index (χ1v) is 21.1. The van der Waals surface area contributed by atoms with Crippen molar-refractivity contribution in [3.63, 3.8) is 0 Å². The molecular weight excluding hydrogens is 723 g/mol. The second kappa shape index (κ2) is 15.9. The largest absolute Gasteiger partial charge is 0.310 e. The van der Waals surface area contributed by atoms with Crippen LogP contribution in [-0.2, 0) is 18.3 Å². The van der Waals surface area contributed by atoms with Crippen molar-refractivity contribution in [3.05, 3.63) is 258 Å². The van der Waals surface area contributed by atoms with E-state index >= 15 is 0 Å². The van der Waals surface area contributed by atoms with E-state index in [2.05, 4.69) is 243 Å². The second-order valence-corrected chi connectivity index (χ2v) is 16.5. The maximum Gasteiger partial charge on any atom is 0.0465 e. The van der Waals surface area contributed by atoms with Gasteiger partial charge in [-0.05, 0) is 127 Å². The molecule has 10 rings (SSSR count). The molecule has 1 aliphatic rings. The highest BCUT2D eigenvalue weighted by atomic mass is 15.1. The predicted octanol–water partition coefficient (Wildman–Crippen LogP) is 15.6. The summed E-state index contributed by atoms with van der Waals surface area (Å²) in [5, 5.41) is 0. The van der Waals surface area contributed by atoms with Gasteiger partial charge in [-0.15, -0.1) is 0 Å². The Bertz CT molecular complexity index is 2910. The van der Waals surface area contributed by atoms with Gasteiger partial charge < -0.3 is 4.90 Å². The van der Waals surface area contributed by atoms with Gasteiger partial charge >= 0.3 is 0 Å². The Morgan fingerprint density at radius 1 is 0.317 bits per heavy atom. The molecule has 1 heteroatoms. The van der Waals surface area contributed by atoms with Gasteiger partial charge in [0.2, 0.25) is 0 Å². The van der Waals surface area contributed by atoms with Crippen LogP contribution in [0.1, 0.15) is 47.2 Å². The van der Waals surface area contributed by atoms with Gasteiger partial charge in [0.1, 0.15) is 0 Å². The van der Waals surface area contributed by atoms with Gasteiger partial charge in [-0.25, -0.2) is 0 Å². The van der Waals surface area contributed by atoms with Crippen LogP contribution in [0.3, 0.4) is 0 Å². The van der Waals surface area contributed by atoms with E-state index in [1.54, 1.807) is 0 Å². The quantitative estimate of drug-likeness (QED) is 0.134. The Labute approximate surface area is 354 Å². The first-order chi connectivity index (χ1) is 29.5. The zero-order chi connectivity index (χ0) is 40.5. The minimum Gasteiger partial charge on any atom is -0.310 e. The van der Waals surface area contributed by atoms with Crippen molar-refractivity contribution in [1.29, 1.82) is 0 Å². The summed E-state index contributed by atoms with van der Waals surface area (Å²) < 4.78 is 0. The number of nitrogens with zero attached hydrogens (tertiary/aromatic N) is 1. The number of hydrogen-bond donors (Lipinski definition) is 0. The van der Waals surface area contributed by atoms with E-state index in [1.165, 1.54) is 77.9 Å². The lowest BCUT2D eigenvalue weighted by Gasteiger charge is -2.29. The molecule has 0 amide bonds. The highest BCUT2D eigenvalue weighted by Gasteiger charge is 2.35. The zero-order valence-electron chi connectivity index (χ0n) is 34.2. The van der Waals surface area contributed by atoms with Crippen LogP contribution in [0, 0.1) is 0 Å². The van der Waals surface area contributed by atoms with Crippen LogP contribution in [0.2, 0.25) is 0 Å². The number of benzene rings is 9. The van der Waals surface area contributed by atoms with Gasteiger partial charge in [-0.2, -0.15) is 0 Å². The van der Waals surface area contributed by atoms with Crippen molar-refractivity contribution in [2.75, 3.05) is 4.90 Å². The predicted molar refractivity (Wildman–Crippen MR) is 253 cm³/mol. The normalized spacial score (nSPS) is 12.4. The van der Waals surface area contributed by atoms with Crippen LogP contribution >= 0.6 is 0 Å². The van der Waals surface area contributed by atoms with Gasteiger partial charge in [-0.3, -0.25) is 0 Å². The Hall–Kier alpha value is -7.22. The van der Waals surface area contributed by atoms with E-state index in [0.717, 1.165) is 29.9 Å². The summed E-state index contributed by atoms with van der Waals surface area (Å²) in [5.74, 6) is 0. The molecule has 0 fully saturated rings. The van der Waals surface area contributed by atoms with Gasteiger partial charge in [0.05, 0.1) is 0 Å². The van der Waals surface area contributed by atoms with Crippen molar-refractivity contribution in [3.8, 4) is 44.5 Å². The maximum atomic E-state index is 2.44. The standard InChI is InChI=1S/C59H47N/c1-59(2)57-25-15-14-24-55(57)56-37-35-52(41-58(56)59)60(50-21-10-5-11-22-50)51-34-36-54(49(40-51)39-43-28-32-47(33-29-43)45-18-8-4-9-19-45)53-23-13-12-20-48(53)38-42-26-30-46(31-27-42)44-16-6-3-7-17-44/h3-37,40-41H,38-39H2,1-2H3. The van der Waals surface area contributed by atoms with Crippen molar-refractivity contribution < 1.29 is 0 Å². The van der Waals surface area contributed by atoms with E-state index in [1.807, 2.05) is 0 Å². The summed E-state index contributed by atoms with van der Waals surface area (Å²) in [6.07, 6.45) is 1.65. The molecule has 9 aromatic carbocycles. The Morgan fingerprint density at radius 2 is 0.750 bits per heavy atom. The molecule has 0 atom stereocenters. The van der Waals surface area contributed by atoms with Gasteiger partial charge in [-0.1, -0.05) is 202 Å². The smallest absolute Gasteiger partial charge is 0.0465 e. The minimum atomic E-state index is -0.100. The van der Waals surface area contributed by atoms with Crippen molar-refractivity contribution in [2.45, 2.75) is 32.1 Å². The monoisotopic (exact) mass is 769 g/mol. The molecule has 0 spiro atoms. The summed E-state index contributed by atoms with van der Waals surface area (Å²) in [6.45, 7) is 4.72. The number of fused-ring (bicyclic) bond motifs is 3. The summed E-state index contributed by atoms with van der Waals surface area (Å²) in [6, 6.07) is 82.4. The maximum absolute atomic E-state index is 2.44. The van der Waals surface area contributed by atoms with Crippen molar-refractivity contribution >= 4 is 17.1 Å². The average molecular weight is 770 g/mol. The third kappa shape index (κ3) is 7.14. The molecule has 0 heterocycles. The number of para-hydroxylation sites is 1. The third-order valence-corrected chi connectivity index (χ3v) is 12.4. The fourth-order valence-electron chi connectivity index (χ4n) is 9.25. The number of hydrogen-bond acceptors (Lipinski definition) is 1. The van der Waals surface area contributed by atoms with Crippen LogP contribution < -0.4 is 4.90 Å². The van der Waals surface area contributed by atoms with Crippen molar-refractivity contribution in [1.82, 2.24) is 0 Å². The molecule has 288 valence electrons. The molecule has 0 bridgehead atoms. The number of rotatable bonds is 10. The zero-order valence-corrected chi connectivity index (χ0v) is 34.2. The molecule has 1 aliphatic carbocycles. The summed E-state index contributed by atoms with van der Waals surface area (Å²) >= 11 is 0. The third-order valence-electron chi connectivity index (χ3n) is 12.4. The van der Waals surface area contributed by atoms with Gasteiger partial charge in [0.25, 0.3) is 0 Å². The van der Waals surface area contributed by atoms with E-state index in [4.69, 9.17) is 0 Å². The lowest BCUT2D eigenvalue weighted by Crippen LogP contribution is -2.16. The molecule has 0 aromatic heterocycles. The van der Waals surface area contributed by atoms with E-state index < -0.39 is 0 Å². The van der Waals surface area contributed by atoms with E-state index in [0.29, 0.717) is 0 Å². The highest BCUT2D eigenvalue weighted by Crippen LogP contribution is 2.51. The van der Waals surface area contributed by atoms with Crippen LogP contribution in [0.15, 0.2) is 224 Å². The summed E-state index contributed by atoms with van der Waals surface area (Å²) in [7, 11) is 0. The van der Waals surface area contributed by atoms with Gasteiger partial charge in [0, 0.05) is 22.5 Å². The van der Waals surface area contributed by atoms with E-state index in [-0.39, 0.29) is 5.41 Å². The molecule has 1 nitrogen and oxygen atoms in total. The fraction of sp³-hybridized carbons (Fsp3) is 0.0847. The molecule has 0 radical (unpaired) electrons. The Kier molecular flexibility index (Phi) is 9.79. The molecule has 0 saturated heterocycles. The Balaban J connectivity index is 1.07.